The highest BCUT2D eigenvalue weighted by atomic mass is 16.5. The Kier molecular flexibility index (Phi) is 2.21. The second-order valence-corrected chi connectivity index (χ2v) is 4.56. The lowest BCUT2D eigenvalue weighted by atomic mass is 10.0. The normalized spacial score (nSPS) is 14.0. The lowest BCUT2D eigenvalue weighted by molar-refractivity contribution is 0.374. The second kappa shape index (κ2) is 3.62. The molecule has 0 spiro atoms. The van der Waals surface area contributed by atoms with Gasteiger partial charge in [0.2, 0.25) is 0 Å². The monoisotopic (exact) mass is 229 g/mol. The van der Waals surface area contributed by atoms with Gasteiger partial charge in [0.25, 0.3) is 0 Å². The highest BCUT2D eigenvalue weighted by molar-refractivity contribution is 5.87. The third-order valence-corrected chi connectivity index (χ3v) is 3.60. The summed E-state index contributed by atoms with van der Waals surface area (Å²) in [6.07, 6.45) is 3.36. The van der Waals surface area contributed by atoms with Gasteiger partial charge < -0.3 is 9.84 Å². The molecule has 0 unspecified atom stereocenters. The summed E-state index contributed by atoms with van der Waals surface area (Å²) in [6, 6.07) is 3.57. The predicted octanol–water partition coefficient (Wildman–Crippen LogP) is 2.75. The first-order chi connectivity index (χ1) is 8.20. The van der Waals surface area contributed by atoms with E-state index in [0.29, 0.717) is 5.75 Å². The molecule has 17 heavy (non-hydrogen) atoms. The number of aryl methyl sites for hydroxylation is 2. The first-order valence-electron chi connectivity index (χ1n) is 5.90. The highest BCUT2D eigenvalue weighted by Crippen LogP contribution is 2.35. The smallest absolute Gasteiger partial charge is 0.162 e. The van der Waals surface area contributed by atoms with Crippen LogP contribution >= 0.6 is 0 Å². The molecule has 0 saturated carbocycles. The largest absolute Gasteiger partial charge is 0.504 e. The molecule has 3 heteroatoms. The van der Waals surface area contributed by atoms with E-state index in [4.69, 9.17) is 4.74 Å². The summed E-state index contributed by atoms with van der Waals surface area (Å²) in [4.78, 5) is 4.68. The lowest BCUT2D eigenvalue weighted by Crippen LogP contribution is -1.95. The Hall–Kier alpha value is -1.77. The van der Waals surface area contributed by atoms with Crippen LogP contribution in [-0.2, 0) is 12.8 Å². The van der Waals surface area contributed by atoms with Gasteiger partial charge in [-0.1, -0.05) is 0 Å². The third kappa shape index (κ3) is 1.46. The molecule has 1 aromatic carbocycles. The van der Waals surface area contributed by atoms with Crippen molar-refractivity contribution in [1.82, 2.24) is 4.98 Å². The molecule has 0 saturated heterocycles. The van der Waals surface area contributed by atoms with Crippen molar-refractivity contribution >= 4 is 10.9 Å². The van der Waals surface area contributed by atoms with E-state index in [0.717, 1.165) is 23.7 Å². The molecule has 3 rings (SSSR count). The van der Waals surface area contributed by atoms with Gasteiger partial charge in [0.15, 0.2) is 11.5 Å². The van der Waals surface area contributed by atoms with Crippen LogP contribution in [0, 0.1) is 6.92 Å². The molecule has 88 valence electrons. The molecule has 3 nitrogen and oxygen atoms in total. The van der Waals surface area contributed by atoms with Crippen LogP contribution in [0.3, 0.4) is 0 Å². The zero-order valence-corrected chi connectivity index (χ0v) is 10.1. The van der Waals surface area contributed by atoms with Gasteiger partial charge >= 0.3 is 0 Å². The van der Waals surface area contributed by atoms with E-state index < -0.39 is 0 Å². The number of phenols is 1. The van der Waals surface area contributed by atoms with Gasteiger partial charge in [-0.2, -0.15) is 0 Å². The van der Waals surface area contributed by atoms with Gasteiger partial charge in [-0.05, 0) is 43.4 Å². The van der Waals surface area contributed by atoms with Crippen molar-refractivity contribution in [2.45, 2.75) is 26.2 Å². The first-order valence-corrected chi connectivity index (χ1v) is 5.90. The minimum absolute atomic E-state index is 0.183. The van der Waals surface area contributed by atoms with E-state index in [-0.39, 0.29) is 5.75 Å². The number of nitrogens with zero attached hydrogens (tertiary/aromatic N) is 1. The number of ether oxygens (including phenoxy) is 1. The highest BCUT2D eigenvalue weighted by Gasteiger charge is 2.18. The number of hydrogen-bond acceptors (Lipinski definition) is 3. The van der Waals surface area contributed by atoms with Crippen LogP contribution in [0.25, 0.3) is 10.9 Å². The Morgan fingerprint density at radius 2 is 2.12 bits per heavy atom. The van der Waals surface area contributed by atoms with Crippen LogP contribution in [0.2, 0.25) is 0 Å². The molecule has 2 aromatic rings. The van der Waals surface area contributed by atoms with Crippen LogP contribution in [0.15, 0.2) is 12.1 Å². The summed E-state index contributed by atoms with van der Waals surface area (Å²) >= 11 is 0. The Balaban J connectivity index is 2.35. The van der Waals surface area contributed by atoms with Gasteiger partial charge in [0.1, 0.15) is 0 Å². The van der Waals surface area contributed by atoms with Crippen molar-refractivity contribution in [3.63, 3.8) is 0 Å². The van der Waals surface area contributed by atoms with Gasteiger partial charge in [0.05, 0.1) is 12.6 Å². The molecule has 1 aliphatic carbocycles. The Morgan fingerprint density at radius 1 is 1.29 bits per heavy atom. The van der Waals surface area contributed by atoms with Crippen molar-refractivity contribution < 1.29 is 9.84 Å². The zero-order chi connectivity index (χ0) is 12.0. The minimum atomic E-state index is 0.183. The Morgan fingerprint density at radius 3 is 2.88 bits per heavy atom. The maximum atomic E-state index is 9.83. The van der Waals surface area contributed by atoms with E-state index in [1.165, 1.54) is 23.2 Å². The minimum Gasteiger partial charge on any atom is -0.504 e. The van der Waals surface area contributed by atoms with Crippen molar-refractivity contribution in [2.24, 2.45) is 0 Å². The second-order valence-electron chi connectivity index (χ2n) is 4.56. The van der Waals surface area contributed by atoms with E-state index in [9.17, 15) is 5.11 Å². The number of phenolic OH excluding ortho intramolecular Hbond substituents is 1. The molecule has 0 amide bonds. The number of aromatic nitrogens is 1. The maximum Gasteiger partial charge on any atom is 0.162 e. The fourth-order valence-electron chi connectivity index (χ4n) is 2.68. The van der Waals surface area contributed by atoms with Gasteiger partial charge in [-0.25, -0.2) is 0 Å². The summed E-state index contributed by atoms with van der Waals surface area (Å²) in [7, 11) is 1.56. The molecule has 0 fully saturated rings. The lowest BCUT2D eigenvalue weighted by Gasteiger charge is -2.10. The molecule has 1 aromatic heterocycles. The Bertz CT molecular complexity index is 600. The van der Waals surface area contributed by atoms with Crippen molar-refractivity contribution in [1.29, 1.82) is 0 Å². The number of hydrogen-bond donors (Lipinski definition) is 1. The topological polar surface area (TPSA) is 42.4 Å². The van der Waals surface area contributed by atoms with E-state index >= 15 is 0 Å². The third-order valence-electron chi connectivity index (χ3n) is 3.60. The van der Waals surface area contributed by atoms with Crippen LogP contribution in [-0.4, -0.2) is 17.2 Å². The number of rotatable bonds is 1. The average Bonchev–Trinajstić information content (AvgIpc) is 2.78. The number of methoxy groups -OCH3 is 1. The average molecular weight is 229 g/mol. The van der Waals surface area contributed by atoms with E-state index in [1.807, 2.05) is 6.07 Å². The fraction of sp³-hybridized carbons (Fsp3) is 0.357. The number of pyridine rings is 1. The molecule has 0 aliphatic heterocycles. The summed E-state index contributed by atoms with van der Waals surface area (Å²) in [5.74, 6) is 0.671. The van der Waals surface area contributed by atoms with E-state index in [2.05, 4.69) is 11.9 Å². The van der Waals surface area contributed by atoms with Gasteiger partial charge in [0, 0.05) is 17.1 Å². The first kappa shape index (κ1) is 10.4. The number of fused-ring (bicyclic) bond motifs is 2. The molecule has 1 N–H and O–H groups in total. The SMILES string of the molecule is COc1cc2nc3c(c(C)c2cc1O)CCC3. The van der Waals surface area contributed by atoms with Crippen molar-refractivity contribution in [3.8, 4) is 11.5 Å². The standard InChI is InChI=1S/C14H15NO2/c1-8-9-4-3-5-11(9)15-12-7-14(17-2)13(16)6-10(8)12/h6-7,16H,3-5H2,1-2H3. The van der Waals surface area contributed by atoms with Gasteiger partial charge in [-0.3, -0.25) is 4.98 Å². The van der Waals surface area contributed by atoms with Crippen LogP contribution < -0.4 is 4.74 Å². The van der Waals surface area contributed by atoms with Crippen molar-refractivity contribution in [2.75, 3.05) is 7.11 Å². The summed E-state index contributed by atoms with van der Waals surface area (Å²) in [5.41, 5.74) is 4.74. The number of aromatic hydroxyl groups is 1. The fourth-order valence-corrected chi connectivity index (χ4v) is 2.68. The molecule has 1 aliphatic rings. The summed E-state index contributed by atoms with van der Waals surface area (Å²) in [6.45, 7) is 2.11. The molecular formula is C14H15NO2. The van der Waals surface area contributed by atoms with Crippen LogP contribution in [0.1, 0.15) is 23.2 Å². The predicted molar refractivity (Wildman–Crippen MR) is 66.7 cm³/mol. The molecule has 0 radical (unpaired) electrons. The molecule has 0 bridgehead atoms. The molecular weight excluding hydrogens is 214 g/mol. The summed E-state index contributed by atoms with van der Waals surface area (Å²) in [5, 5.41) is 10.9. The van der Waals surface area contributed by atoms with Gasteiger partial charge in [-0.15, -0.1) is 0 Å². The van der Waals surface area contributed by atoms with Crippen molar-refractivity contribution in [3.05, 3.63) is 29.0 Å². The molecule has 1 heterocycles. The quantitative estimate of drug-likeness (QED) is 0.817. The Labute approximate surface area is 100 Å². The maximum absolute atomic E-state index is 9.83. The number of benzene rings is 1. The zero-order valence-electron chi connectivity index (χ0n) is 10.1. The van der Waals surface area contributed by atoms with Crippen LogP contribution in [0.5, 0.6) is 11.5 Å². The molecule has 0 atom stereocenters. The van der Waals surface area contributed by atoms with Crippen LogP contribution in [0.4, 0.5) is 0 Å². The summed E-state index contributed by atoms with van der Waals surface area (Å²) < 4.78 is 5.12. The van der Waals surface area contributed by atoms with E-state index in [1.54, 1.807) is 13.2 Å².